The van der Waals surface area contributed by atoms with E-state index in [4.69, 9.17) is 5.11 Å². The summed E-state index contributed by atoms with van der Waals surface area (Å²) < 4.78 is 0. The number of hydrogen-bond donors (Lipinski definition) is 2. The Bertz CT molecular complexity index is 356. The number of Topliss-reactive ketones (excluding diaryl/α,β-unsaturated/α-hetero) is 1. The Morgan fingerprint density at radius 1 is 1.40 bits per heavy atom. The fourth-order valence-corrected chi connectivity index (χ4v) is 1.45. The third-order valence-electron chi connectivity index (χ3n) is 2.17. The molecule has 0 aromatic heterocycles. The number of hydrogen-bond acceptors (Lipinski definition) is 3. The molecule has 82 valence electrons. The van der Waals surface area contributed by atoms with Gasteiger partial charge in [0, 0.05) is 5.56 Å². The van der Waals surface area contributed by atoms with Crippen molar-refractivity contribution in [3.8, 4) is 5.75 Å². The summed E-state index contributed by atoms with van der Waals surface area (Å²) in [5, 5.41) is 18.3. The Labute approximate surface area is 89.4 Å². The van der Waals surface area contributed by atoms with Gasteiger partial charge < -0.3 is 10.2 Å². The third kappa shape index (κ3) is 3.06. The van der Waals surface area contributed by atoms with Crippen LogP contribution in [-0.4, -0.2) is 22.6 Å². The van der Waals surface area contributed by atoms with E-state index in [0.29, 0.717) is 11.5 Å². The Kier molecular flexibility index (Phi) is 3.86. The molecule has 0 aliphatic rings. The molecule has 0 amide bonds. The summed E-state index contributed by atoms with van der Waals surface area (Å²) in [7, 11) is 0. The molecule has 3 nitrogen and oxygen atoms in total. The lowest BCUT2D eigenvalue weighted by Gasteiger charge is -2.08. The number of aliphatic hydroxyl groups is 1. The second-order valence-corrected chi connectivity index (χ2v) is 4.02. The molecule has 0 aliphatic heterocycles. The lowest BCUT2D eigenvalue weighted by molar-refractivity contribution is 0.0903. The van der Waals surface area contributed by atoms with Crippen LogP contribution in [0.2, 0.25) is 0 Å². The minimum atomic E-state index is -0.494. The predicted molar refractivity (Wildman–Crippen MR) is 58.1 cm³/mol. The zero-order chi connectivity index (χ0) is 11.4. The Morgan fingerprint density at radius 3 is 2.60 bits per heavy atom. The predicted octanol–water partition coefficient (Wildman–Crippen LogP) is 1.77. The highest BCUT2D eigenvalue weighted by molar-refractivity contribution is 5.97. The van der Waals surface area contributed by atoms with Crippen LogP contribution in [-0.2, 0) is 6.42 Å². The Morgan fingerprint density at radius 2 is 2.07 bits per heavy atom. The number of benzene rings is 1. The molecule has 1 aromatic carbocycles. The molecule has 0 spiro atoms. The van der Waals surface area contributed by atoms with Gasteiger partial charge in [-0.2, -0.15) is 0 Å². The molecule has 0 heterocycles. The molecule has 1 aromatic rings. The van der Waals surface area contributed by atoms with E-state index < -0.39 is 6.61 Å². The molecule has 2 N–H and O–H groups in total. The normalized spacial score (nSPS) is 10.7. The molecule has 0 bridgehead atoms. The molecule has 1 rings (SSSR count). The molecule has 0 aliphatic carbocycles. The van der Waals surface area contributed by atoms with Gasteiger partial charge >= 0.3 is 0 Å². The minimum Gasteiger partial charge on any atom is -0.508 e. The molecule has 0 atom stereocenters. The SMILES string of the molecule is CC(C)Cc1cc(C(=O)CO)ccc1O. The summed E-state index contributed by atoms with van der Waals surface area (Å²) in [6.45, 7) is 3.59. The van der Waals surface area contributed by atoms with Gasteiger partial charge in [-0.3, -0.25) is 4.79 Å². The molecular formula is C12H16O3. The van der Waals surface area contributed by atoms with Gasteiger partial charge in [0.2, 0.25) is 0 Å². The summed E-state index contributed by atoms with van der Waals surface area (Å²) in [5.41, 5.74) is 1.20. The quantitative estimate of drug-likeness (QED) is 0.741. The maximum Gasteiger partial charge on any atom is 0.188 e. The van der Waals surface area contributed by atoms with Gasteiger partial charge in [0.25, 0.3) is 0 Å². The van der Waals surface area contributed by atoms with Crippen LogP contribution >= 0.6 is 0 Å². The molecular weight excluding hydrogens is 192 g/mol. The number of aromatic hydroxyl groups is 1. The number of rotatable bonds is 4. The summed E-state index contributed by atoms with van der Waals surface area (Å²) in [6.07, 6.45) is 0.721. The highest BCUT2D eigenvalue weighted by atomic mass is 16.3. The van der Waals surface area contributed by atoms with E-state index in [-0.39, 0.29) is 11.5 Å². The average molecular weight is 208 g/mol. The first-order valence-electron chi connectivity index (χ1n) is 5.00. The van der Waals surface area contributed by atoms with Crippen molar-refractivity contribution in [3.63, 3.8) is 0 Å². The van der Waals surface area contributed by atoms with Crippen LogP contribution in [0.5, 0.6) is 5.75 Å². The molecule has 3 heteroatoms. The number of phenols is 1. The first kappa shape index (κ1) is 11.7. The first-order chi connectivity index (χ1) is 7.04. The van der Waals surface area contributed by atoms with Gasteiger partial charge in [0.05, 0.1) is 0 Å². The van der Waals surface area contributed by atoms with E-state index in [2.05, 4.69) is 0 Å². The van der Waals surface area contributed by atoms with E-state index in [0.717, 1.165) is 12.0 Å². The number of phenolic OH excluding ortho intramolecular Hbond substituents is 1. The summed E-state index contributed by atoms with van der Waals surface area (Å²) in [5.74, 6) is 0.300. The van der Waals surface area contributed by atoms with Crippen LogP contribution in [0.15, 0.2) is 18.2 Å². The highest BCUT2D eigenvalue weighted by Crippen LogP contribution is 2.21. The zero-order valence-electron chi connectivity index (χ0n) is 9.03. The van der Waals surface area contributed by atoms with E-state index in [9.17, 15) is 9.90 Å². The lowest BCUT2D eigenvalue weighted by Crippen LogP contribution is -2.05. The van der Waals surface area contributed by atoms with Crippen molar-refractivity contribution in [3.05, 3.63) is 29.3 Å². The smallest absolute Gasteiger partial charge is 0.188 e. The van der Waals surface area contributed by atoms with E-state index in [1.165, 1.54) is 12.1 Å². The van der Waals surface area contributed by atoms with Crippen molar-refractivity contribution in [1.82, 2.24) is 0 Å². The van der Waals surface area contributed by atoms with Crippen molar-refractivity contribution in [2.24, 2.45) is 5.92 Å². The number of carbonyl (C=O) groups is 1. The van der Waals surface area contributed by atoms with Gasteiger partial charge in [-0.1, -0.05) is 13.8 Å². The highest BCUT2D eigenvalue weighted by Gasteiger charge is 2.09. The molecule has 15 heavy (non-hydrogen) atoms. The van der Waals surface area contributed by atoms with Gasteiger partial charge in [-0.05, 0) is 36.1 Å². The largest absolute Gasteiger partial charge is 0.508 e. The number of aliphatic hydroxyl groups excluding tert-OH is 1. The van der Waals surface area contributed by atoms with Gasteiger partial charge in [-0.15, -0.1) is 0 Å². The number of carbonyl (C=O) groups excluding carboxylic acids is 1. The Balaban J connectivity index is 2.99. The zero-order valence-corrected chi connectivity index (χ0v) is 9.03. The van der Waals surface area contributed by atoms with Gasteiger partial charge in [0.15, 0.2) is 5.78 Å². The maximum atomic E-state index is 11.2. The summed E-state index contributed by atoms with van der Waals surface area (Å²) in [4.78, 5) is 11.2. The van der Waals surface area contributed by atoms with E-state index in [1.54, 1.807) is 6.07 Å². The van der Waals surface area contributed by atoms with Crippen molar-refractivity contribution in [1.29, 1.82) is 0 Å². The van der Waals surface area contributed by atoms with Crippen LogP contribution < -0.4 is 0 Å². The van der Waals surface area contributed by atoms with Crippen LogP contribution in [0.4, 0.5) is 0 Å². The standard InChI is InChI=1S/C12H16O3/c1-8(2)5-10-6-9(12(15)7-13)3-4-11(10)14/h3-4,6,8,13-14H,5,7H2,1-2H3. The van der Waals surface area contributed by atoms with E-state index in [1.807, 2.05) is 13.8 Å². The summed E-state index contributed by atoms with van der Waals surface area (Å²) in [6, 6.07) is 4.67. The van der Waals surface area contributed by atoms with Crippen LogP contribution in [0, 0.1) is 5.92 Å². The topological polar surface area (TPSA) is 57.5 Å². The van der Waals surface area contributed by atoms with Gasteiger partial charge in [0.1, 0.15) is 12.4 Å². The van der Waals surface area contributed by atoms with Crippen LogP contribution in [0.3, 0.4) is 0 Å². The maximum absolute atomic E-state index is 11.2. The molecule has 0 fully saturated rings. The minimum absolute atomic E-state index is 0.207. The van der Waals surface area contributed by atoms with Crippen molar-refractivity contribution < 1.29 is 15.0 Å². The second-order valence-electron chi connectivity index (χ2n) is 4.02. The van der Waals surface area contributed by atoms with Crippen molar-refractivity contribution >= 4 is 5.78 Å². The van der Waals surface area contributed by atoms with Crippen molar-refractivity contribution in [2.75, 3.05) is 6.61 Å². The lowest BCUT2D eigenvalue weighted by atomic mass is 9.99. The molecule has 0 saturated heterocycles. The fraction of sp³-hybridized carbons (Fsp3) is 0.417. The molecule has 0 unspecified atom stereocenters. The van der Waals surface area contributed by atoms with E-state index >= 15 is 0 Å². The fourth-order valence-electron chi connectivity index (χ4n) is 1.45. The second kappa shape index (κ2) is 4.94. The third-order valence-corrected chi connectivity index (χ3v) is 2.17. The van der Waals surface area contributed by atoms with Crippen molar-refractivity contribution in [2.45, 2.75) is 20.3 Å². The Hall–Kier alpha value is -1.35. The first-order valence-corrected chi connectivity index (χ1v) is 5.00. The molecule has 0 radical (unpaired) electrons. The van der Waals surface area contributed by atoms with Crippen LogP contribution in [0.25, 0.3) is 0 Å². The average Bonchev–Trinajstić information content (AvgIpc) is 2.19. The molecule has 0 saturated carbocycles. The van der Waals surface area contributed by atoms with Crippen LogP contribution in [0.1, 0.15) is 29.8 Å². The number of ketones is 1. The monoisotopic (exact) mass is 208 g/mol. The van der Waals surface area contributed by atoms with Gasteiger partial charge in [-0.25, -0.2) is 0 Å². The summed E-state index contributed by atoms with van der Waals surface area (Å²) >= 11 is 0.